The number of aromatic nitrogens is 4. The lowest BCUT2D eigenvalue weighted by atomic mass is 9.96. The lowest BCUT2D eigenvalue weighted by molar-refractivity contribution is -0.129. The van der Waals surface area contributed by atoms with Crippen LogP contribution in [0.3, 0.4) is 0 Å². The van der Waals surface area contributed by atoms with Crippen LogP contribution in [0.2, 0.25) is 0 Å². The molecule has 3 heterocycles. The molecule has 1 aromatic carbocycles. The van der Waals surface area contributed by atoms with Gasteiger partial charge in [0.2, 0.25) is 5.91 Å². The van der Waals surface area contributed by atoms with Crippen LogP contribution in [-0.4, -0.2) is 45.1 Å². The molecule has 4 rings (SSSR count). The maximum Gasteiger partial charge on any atom is 0.333 e. The topological polar surface area (TPSA) is 133 Å². The number of benzene rings is 1. The molecule has 11 nitrogen and oxygen atoms in total. The number of rotatable bonds is 12. The van der Waals surface area contributed by atoms with E-state index in [1.807, 2.05) is 25.1 Å². The van der Waals surface area contributed by atoms with Crippen molar-refractivity contribution in [1.82, 2.24) is 24.2 Å². The highest BCUT2D eigenvalue weighted by atomic mass is 32.1. The fourth-order valence-electron chi connectivity index (χ4n) is 4.90. The van der Waals surface area contributed by atoms with Crippen molar-refractivity contribution in [3.8, 4) is 16.8 Å². The summed E-state index contributed by atoms with van der Waals surface area (Å²) in [6.45, 7) is 7.46. The van der Waals surface area contributed by atoms with E-state index in [4.69, 9.17) is 14.7 Å². The monoisotopic (exact) mass is 578 g/mol. The molecule has 2 atom stereocenters. The number of hydrogen-bond acceptors (Lipinski definition) is 8. The number of carbonyl (C=O) groups excluding carboxylic acids is 1. The van der Waals surface area contributed by atoms with E-state index >= 15 is 0 Å². The predicted molar refractivity (Wildman–Crippen MR) is 157 cm³/mol. The molecule has 0 aliphatic carbocycles. The standard InChI is InChI=1S/C29H34N6O5S/c1-6-29(4,27(37)31-7-2)35-24(36)23-19(3)25(34-16-11-15-32-34)41-26(23)33(28(35)38)18-22(40-17-10-14-30)20-12-8-9-13-21(20)39-5/h8-9,11-13,15-16,22H,6-7,10,17-18H2,1-5H3,(H,31,37)/t22-,29?/m0/s1. The van der Waals surface area contributed by atoms with Gasteiger partial charge in [-0.25, -0.2) is 14.0 Å². The van der Waals surface area contributed by atoms with Gasteiger partial charge < -0.3 is 14.8 Å². The Hall–Kier alpha value is -4.21. The lowest BCUT2D eigenvalue weighted by Gasteiger charge is -2.30. The molecule has 0 spiro atoms. The minimum absolute atomic E-state index is 0.00903. The van der Waals surface area contributed by atoms with Gasteiger partial charge in [0.15, 0.2) is 0 Å². The third kappa shape index (κ3) is 5.42. The van der Waals surface area contributed by atoms with Crippen LogP contribution < -0.4 is 21.3 Å². The Balaban J connectivity index is 2.04. The molecule has 0 saturated carbocycles. The van der Waals surface area contributed by atoms with Gasteiger partial charge in [0, 0.05) is 30.1 Å². The van der Waals surface area contributed by atoms with Crippen LogP contribution in [0.1, 0.15) is 50.8 Å². The van der Waals surface area contributed by atoms with Gasteiger partial charge in [0.25, 0.3) is 5.56 Å². The first kappa shape index (κ1) is 29.8. The molecule has 4 aromatic rings. The number of fused-ring (bicyclic) bond motifs is 1. The smallest absolute Gasteiger partial charge is 0.333 e. The fraction of sp³-hybridized carbons (Fsp3) is 0.414. The van der Waals surface area contributed by atoms with Gasteiger partial charge in [-0.15, -0.1) is 0 Å². The first-order chi connectivity index (χ1) is 19.7. The molecule has 41 heavy (non-hydrogen) atoms. The van der Waals surface area contributed by atoms with Gasteiger partial charge in [-0.2, -0.15) is 10.4 Å². The number of methoxy groups -OCH3 is 1. The number of aryl methyl sites for hydroxylation is 1. The van der Waals surface area contributed by atoms with Crippen LogP contribution in [0, 0.1) is 18.3 Å². The first-order valence-electron chi connectivity index (χ1n) is 13.4. The van der Waals surface area contributed by atoms with Crippen LogP contribution >= 0.6 is 11.3 Å². The van der Waals surface area contributed by atoms with E-state index in [1.54, 1.807) is 57.1 Å². The van der Waals surface area contributed by atoms with E-state index in [0.717, 1.165) is 4.57 Å². The summed E-state index contributed by atoms with van der Waals surface area (Å²) in [4.78, 5) is 42.3. The van der Waals surface area contributed by atoms with E-state index in [2.05, 4.69) is 16.5 Å². The number of nitrogens with zero attached hydrogens (tertiary/aromatic N) is 5. The van der Waals surface area contributed by atoms with E-state index in [0.29, 0.717) is 38.6 Å². The highest BCUT2D eigenvalue weighted by molar-refractivity contribution is 7.21. The average molecular weight is 579 g/mol. The van der Waals surface area contributed by atoms with E-state index in [9.17, 15) is 14.4 Å². The second-order valence-corrected chi connectivity index (χ2v) is 10.7. The highest BCUT2D eigenvalue weighted by Gasteiger charge is 2.38. The maximum atomic E-state index is 14.4. The molecular weight excluding hydrogens is 544 g/mol. The molecule has 12 heteroatoms. The fourth-order valence-corrected chi connectivity index (χ4v) is 6.14. The van der Waals surface area contributed by atoms with Crippen molar-refractivity contribution in [3.05, 3.63) is 74.7 Å². The van der Waals surface area contributed by atoms with Crippen LogP contribution in [0.4, 0.5) is 0 Å². The van der Waals surface area contributed by atoms with Gasteiger partial charge in [0.05, 0.1) is 38.1 Å². The maximum absolute atomic E-state index is 14.4. The normalized spacial score (nSPS) is 13.5. The number of para-hydroxylation sites is 1. The van der Waals surface area contributed by atoms with Crippen molar-refractivity contribution in [3.63, 3.8) is 0 Å². The molecule has 0 aliphatic rings. The van der Waals surface area contributed by atoms with Gasteiger partial charge in [-0.3, -0.25) is 14.2 Å². The third-order valence-corrected chi connectivity index (χ3v) is 8.58. The molecule has 3 aromatic heterocycles. The third-order valence-electron chi connectivity index (χ3n) is 7.28. The van der Waals surface area contributed by atoms with Crippen LogP contribution in [0.5, 0.6) is 5.75 Å². The van der Waals surface area contributed by atoms with Crippen LogP contribution in [0.25, 0.3) is 15.2 Å². The van der Waals surface area contributed by atoms with Crippen molar-refractivity contribution in [2.45, 2.75) is 58.7 Å². The Morgan fingerprint density at radius 3 is 2.63 bits per heavy atom. The molecule has 0 radical (unpaired) electrons. The second-order valence-electron chi connectivity index (χ2n) is 9.69. The Labute approximate surface area is 241 Å². The summed E-state index contributed by atoms with van der Waals surface area (Å²) in [5.74, 6) is 0.145. The molecule has 1 amide bonds. The summed E-state index contributed by atoms with van der Waals surface area (Å²) in [5, 5.41) is 17.3. The molecule has 216 valence electrons. The number of amides is 1. The van der Waals surface area contributed by atoms with E-state index in [-0.39, 0.29) is 26.0 Å². The minimum Gasteiger partial charge on any atom is -0.496 e. The molecule has 1 N–H and O–H groups in total. The number of nitriles is 1. The average Bonchev–Trinajstić information content (AvgIpc) is 3.62. The Bertz CT molecular complexity index is 1700. The van der Waals surface area contributed by atoms with Gasteiger partial charge in [-0.1, -0.05) is 36.5 Å². The molecule has 0 aliphatic heterocycles. The van der Waals surface area contributed by atoms with Crippen molar-refractivity contribution in [2.24, 2.45) is 0 Å². The molecule has 0 bridgehead atoms. The zero-order valence-corrected chi connectivity index (χ0v) is 24.7. The SMILES string of the molecule is CCNC(=O)C(C)(CC)n1c(=O)c2c(C)c(-n3cccn3)sc2n(C[C@H](OCCC#N)c2ccccc2OC)c1=O. The summed E-state index contributed by atoms with van der Waals surface area (Å²) in [6, 6.07) is 11.2. The van der Waals surface area contributed by atoms with Crippen molar-refractivity contribution in [1.29, 1.82) is 5.26 Å². The van der Waals surface area contributed by atoms with Crippen molar-refractivity contribution < 1.29 is 14.3 Å². The molecular formula is C29H34N6O5S. The molecule has 1 unspecified atom stereocenters. The lowest BCUT2D eigenvalue weighted by Crippen LogP contribution is -2.57. The van der Waals surface area contributed by atoms with Crippen molar-refractivity contribution >= 4 is 27.5 Å². The Morgan fingerprint density at radius 1 is 1.24 bits per heavy atom. The van der Waals surface area contributed by atoms with Crippen LogP contribution in [0.15, 0.2) is 52.3 Å². The predicted octanol–water partition coefficient (Wildman–Crippen LogP) is 3.66. The number of ether oxygens (including phenoxy) is 2. The Morgan fingerprint density at radius 2 is 2.00 bits per heavy atom. The summed E-state index contributed by atoms with van der Waals surface area (Å²) >= 11 is 1.27. The number of nitrogens with one attached hydrogen (secondary N) is 1. The number of likely N-dealkylation sites (N-methyl/N-ethyl adjacent to an activating group) is 1. The zero-order chi connectivity index (χ0) is 29.7. The zero-order valence-electron chi connectivity index (χ0n) is 23.8. The second kappa shape index (κ2) is 12.5. The minimum atomic E-state index is -1.44. The van der Waals surface area contributed by atoms with Gasteiger partial charge in [0.1, 0.15) is 27.2 Å². The highest BCUT2D eigenvalue weighted by Crippen LogP contribution is 2.34. The number of hydrogen-bond donors (Lipinski definition) is 1. The number of thiophene rings is 1. The van der Waals surface area contributed by atoms with Crippen molar-refractivity contribution in [2.75, 3.05) is 20.3 Å². The summed E-state index contributed by atoms with van der Waals surface area (Å²) < 4.78 is 16.0. The number of carbonyl (C=O) groups is 1. The quantitative estimate of drug-likeness (QED) is 0.254. The first-order valence-corrected chi connectivity index (χ1v) is 14.2. The van der Waals surface area contributed by atoms with E-state index < -0.39 is 28.8 Å². The van der Waals surface area contributed by atoms with Gasteiger partial charge in [-0.05, 0) is 39.3 Å². The Kier molecular flexibility index (Phi) is 9.10. The van der Waals surface area contributed by atoms with Gasteiger partial charge >= 0.3 is 5.69 Å². The van der Waals surface area contributed by atoms with Crippen LogP contribution in [-0.2, 0) is 21.6 Å². The molecule has 0 saturated heterocycles. The summed E-state index contributed by atoms with van der Waals surface area (Å²) in [5.41, 5.74) is -1.27. The van der Waals surface area contributed by atoms with E-state index in [1.165, 1.54) is 15.9 Å². The summed E-state index contributed by atoms with van der Waals surface area (Å²) in [7, 11) is 1.55. The largest absolute Gasteiger partial charge is 0.496 e. The molecule has 0 fully saturated rings. The summed E-state index contributed by atoms with van der Waals surface area (Å²) in [6.07, 6.45) is 3.08.